The van der Waals surface area contributed by atoms with Gasteiger partial charge in [-0.05, 0) is 31.2 Å². The number of hydrogen-bond acceptors (Lipinski definition) is 5. The molecule has 1 aliphatic heterocycles. The van der Waals surface area contributed by atoms with Crippen LogP contribution in [0, 0.1) is 0 Å². The lowest BCUT2D eigenvalue weighted by molar-refractivity contribution is 0.141. The van der Waals surface area contributed by atoms with Gasteiger partial charge in [0.25, 0.3) is 10.0 Å². The number of rotatable bonds is 5. The maximum atomic E-state index is 12.8. The Morgan fingerprint density at radius 3 is 2.43 bits per heavy atom. The number of nitrogens with zero attached hydrogens (tertiary/aromatic N) is 3. The van der Waals surface area contributed by atoms with Crippen molar-refractivity contribution >= 4 is 21.5 Å². The largest absolute Gasteiger partial charge is 0.389 e. The summed E-state index contributed by atoms with van der Waals surface area (Å²) >= 11 is 0. The van der Waals surface area contributed by atoms with Gasteiger partial charge in [-0.15, -0.1) is 0 Å². The predicted molar refractivity (Wildman–Crippen MR) is 89.1 cm³/mol. The Bertz CT molecular complexity index is 757. The van der Waals surface area contributed by atoms with Crippen LogP contribution in [0.15, 0.2) is 53.6 Å². The van der Waals surface area contributed by atoms with Gasteiger partial charge in [0.1, 0.15) is 10.7 Å². The van der Waals surface area contributed by atoms with Crippen LogP contribution < -0.4 is 9.21 Å². The lowest BCUT2D eigenvalue weighted by Gasteiger charge is -2.36. The van der Waals surface area contributed by atoms with Crippen LogP contribution in [-0.4, -0.2) is 44.2 Å². The molecule has 0 unspecified atom stereocenters. The molecule has 0 bridgehead atoms. The van der Waals surface area contributed by atoms with Gasteiger partial charge in [0.15, 0.2) is 0 Å². The molecule has 3 rings (SSSR count). The molecule has 0 saturated carbocycles. The quantitative estimate of drug-likeness (QED) is 0.897. The minimum Gasteiger partial charge on any atom is -0.389 e. The molecular weight excluding hydrogens is 314 g/mol. The monoisotopic (exact) mass is 333 g/mol. The summed E-state index contributed by atoms with van der Waals surface area (Å²) in [5, 5.41) is 9.32. The maximum absolute atomic E-state index is 12.8. The average Bonchev–Trinajstić information content (AvgIpc) is 2.53. The number of pyridine rings is 1. The smallest absolute Gasteiger partial charge is 0.265 e. The van der Waals surface area contributed by atoms with Crippen molar-refractivity contribution in [3.63, 3.8) is 0 Å². The maximum Gasteiger partial charge on any atom is 0.265 e. The Morgan fingerprint density at radius 1 is 1.22 bits per heavy atom. The number of hydrogen-bond donors (Lipinski definition) is 1. The summed E-state index contributed by atoms with van der Waals surface area (Å²) in [5.74, 6) is 0.678. The highest BCUT2D eigenvalue weighted by atomic mass is 32.2. The molecule has 1 aliphatic rings. The molecule has 1 aromatic carbocycles. The Labute approximate surface area is 136 Å². The van der Waals surface area contributed by atoms with Gasteiger partial charge in [0, 0.05) is 25.8 Å². The van der Waals surface area contributed by atoms with Crippen LogP contribution in [0.25, 0.3) is 0 Å². The van der Waals surface area contributed by atoms with Gasteiger partial charge in [0.05, 0.1) is 11.8 Å². The first-order valence-electron chi connectivity index (χ1n) is 7.49. The van der Waals surface area contributed by atoms with Crippen molar-refractivity contribution in [2.24, 2.45) is 0 Å². The van der Waals surface area contributed by atoms with Gasteiger partial charge < -0.3 is 10.0 Å². The Hall–Kier alpha value is -2.12. The Balaban J connectivity index is 1.86. The second kappa shape index (κ2) is 6.17. The van der Waals surface area contributed by atoms with Crippen LogP contribution in [-0.2, 0) is 10.0 Å². The summed E-state index contributed by atoms with van der Waals surface area (Å²) < 4.78 is 27.0. The van der Waals surface area contributed by atoms with E-state index in [0.717, 1.165) is 0 Å². The second-order valence-electron chi connectivity index (χ2n) is 5.42. The van der Waals surface area contributed by atoms with Crippen LogP contribution in [0.2, 0.25) is 0 Å². The number of aliphatic hydroxyl groups excluding tert-OH is 1. The molecule has 1 aromatic heterocycles. The molecule has 2 aromatic rings. The minimum atomic E-state index is -3.64. The first-order valence-corrected chi connectivity index (χ1v) is 8.93. The molecule has 0 amide bonds. The Morgan fingerprint density at radius 2 is 1.91 bits per heavy atom. The standard InChI is InChI=1S/C16H19N3O3S/c1-2-19(13-6-4-3-5-7-13)23(21,22)15-8-9-16(17-10-15)18-11-14(20)12-18/h3-10,14,20H,2,11-12H2,1H3. The van der Waals surface area contributed by atoms with E-state index in [-0.39, 0.29) is 11.0 Å². The third kappa shape index (κ3) is 3.02. The molecule has 23 heavy (non-hydrogen) atoms. The molecule has 2 heterocycles. The first kappa shape index (κ1) is 15.8. The predicted octanol–water partition coefficient (Wildman–Crippen LogP) is 1.48. The van der Waals surface area contributed by atoms with E-state index >= 15 is 0 Å². The Kier molecular flexibility index (Phi) is 4.23. The molecule has 122 valence electrons. The SMILES string of the molecule is CCN(c1ccccc1)S(=O)(=O)c1ccc(N2CC(O)C2)nc1. The third-order valence-electron chi connectivity index (χ3n) is 3.83. The van der Waals surface area contributed by atoms with Crippen LogP contribution in [0.4, 0.5) is 11.5 Å². The zero-order valence-electron chi connectivity index (χ0n) is 12.8. The summed E-state index contributed by atoms with van der Waals surface area (Å²) in [6, 6.07) is 12.2. The average molecular weight is 333 g/mol. The van der Waals surface area contributed by atoms with Crippen molar-refractivity contribution in [2.75, 3.05) is 28.8 Å². The number of anilines is 2. The van der Waals surface area contributed by atoms with Gasteiger partial charge in [-0.25, -0.2) is 13.4 Å². The molecule has 6 nitrogen and oxygen atoms in total. The van der Waals surface area contributed by atoms with Crippen molar-refractivity contribution in [3.05, 3.63) is 48.7 Å². The molecule has 0 atom stereocenters. The summed E-state index contributed by atoms with van der Waals surface area (Å²) in [6.45, 7) is 3.20. The fourth-order valence-corrected chi connectivity index (χ4v) is 3.99. The molecule has 0 aliphatic carbocycles. The van der Waals surface area contributed by atoms with Gasteiger partial charge in [-0.2, -0.15) is 0 Å². The number of aliphatic hydroxyl groups is 1. The van der Waals surface area contributed by atoms with Crippen LogP contribution >= 0.6 is 0 Å². The number of sulfonamides is 1. The number of para-hydroxylation sites is 1. The summed E-state index contributed by atoms with van der Waals surface area (Å²) in [5.41, 5.74) is 0.630. The van der Waals surface area contributed by atoms with E-state index in [1.54, 1.807) is 31.2 Å². The molecule has 1 N–H and O–H groups in total. The fourth-order valence-electron chi connectivity index (χ4n) is 2.57. The highest BCUT2D eigenvalue weighted by molar-refractivity contribution is 7.92. The van der Waals surface area contributed by atoms with E-state index in [2.05, 4.69) is 4.98 Å². The summed E-state index contributed by atoms with van der Waals surface area (Å²) in [6.07, 6.45) is 1.05. The summed E-state index contributed by atoms with van der Waals surface area (Å²) in [7, 11) is -3.64. The highest BCUT2D eigenvalue weighted by Gasteiger charge is 2.27. The lowest BCUT2D eigenvalue weighted by atomic mass is 10.2. The molecule has 0 radical (unpaired) electrons. The van der Waals surface area contributed by atoms with Crippen molar-refractivity contribution < 1.29 is 13.5 Å². The van der Waals surface area contributed by atoms with Gasteiger partial charge in [-0.1, -0.05) is 18.2 Å². The van der Waals surface area contributed by atoms with Gasteiger partial charge in [0.2, 0.25) is 0 Å². The number of aromatic nitrogens is 1. The molecule has 0 spiro atoms. The van der Waals surface area contributed by atoms with E-state index in [1.165, 1.54) is 10.5 Å². The topological polar surface area (TPSA) is 73.7 Å². The molecule has 1 saturated heterocycles. The molecule has 7 heteroatoms. The zero-order chi connectivity index (χ0) is 16.4. The van der Waals surface area contributed by atoms with Crippen LogP contribution in [0.1, 0.15) is 6.92 Å². The number of benzene rings is 1. The highest BCUT2D eigenvalue weighted by Crippen LogP contribution is 2.25. The van der Waals surface area contributed by atoms with E-state index in [1.807, 2.05) is 23.1 Å². The van der Waals surface area contributed by atoms with E-state index in [0.29, 0.717) is 31.1 Å². The normalized spacial score (nSPS) is 15.3. The zero-order valence-corrected chi connectivity index (χ0v) is 13.6. The van der Waals surface area contributed by atoms with E-state index in [4.69, 9.17) is 0 Å². The van der Waals surface area contributed by atoms with Crippen molar-refractivity contribution in [1.29, 1.82) is 0 Å². The molecular formula is C16H19N3O3S. The van der Waals surface area contributed by atoms with Crippen molar-refractivity contribution in [3.8, 4) is 0 Å². The van der Waals surface area contributed by atoms with Crippen molar-refractivity contribution in [1.82, 2.24) is 4.98 Å². The van der Waals surface area contributed by atoms with Gasteiger partial charge in [-0.3, -0.25) is 4.31 Å². The fraction of sp³-hybridized carbons (Fsp3) is 0.312. The molecule has 1 fully saturated rings. The third-order valence-corrected chi connectivity index (χ3v) is 5.71. The summed E-state index contributed by atoms with van der Waals surface area (Å²) in [4.78, 5) is 6.28. The van der Waals surface area contributed by atoms with Gasteiger partial charge >= 0.3 is 0 Å². The van der Waals surface area contributed by atoms with E-state index < -0.39 is 10.0 Å². The van der Waals surface area contributed by atoms with Crippen LogP contribution in [0.5, 0.6) is 0 Å². The number of β-amino-alcohol motifs (C(OH)–C–C–N with tert-alkyl or cyclic N) is 1. The van der Waals surface area contributed by atoms with Crippen LogP contribution in [0.3, 0.4) is 0 Å². The van der Waals surface area contributed by atoms with Crippen molar-refractivity contribution in [2.45, 2.75) is 17.9 Å². The lowest BCUT2D eigenvalue weighted by Crippen LogP contribution is -2.51. The first-order chi connectivity index (χ1) is 11.0. The second-order valence-corrected chi connectivity index (χ2v) is 7.28. The van der Waals surface area contributed by atoms with E-state index in [9.17, 15) is 13.5 Å². The minimum absolute atomic E-state index is 0.160.